The Bertz CT molecular complexity index is 914. The molecule has 0 aliphatic carbocycles. The molecule has 0 unspecified atom stereocenters. The summed E-state index contributed by atoms with van der Waals surface area (Å²) in [5.41, 5.74) is 3.22. The molecule has 0 saturated carbocycles. The Morgan fingerprint density at radius 3 is 2.54 bits per heavy atom. The minimum atomic E-state index is 0.185. The second-order valence-electron chi connectivity index (χ2n) is 6.00. The second kappa shape index (κ2) is 11.0. The third-order valence-corrected chi connectivity index (χ3v) is 4.84. The molecule has 0 aliphatic rings. The topological polar surface area (TPSA) is 70.2 Å². The summed E-state index contributed by atoms with van der Waals surface area (Å²) < 4.78 is 0. The smallest absolute Gasteiger partial charge is 0.124 e. The number of benzene rings is 2. The van der Waals surface area contributed by atoms with E-state index < -0.39 is 0 Å². The predicted molar refractivity (Wildman–Crippen MR) is 116 cm³/mol. The second-order valence-corrected chi connectivity index (χ2v) is 7.22. The highest BCUT2D eigenvalue weighted by Crippen LogP contribution is 2.24. The molecule has 0 saturated heterocycles. The number of phenols is 1. The van der Waals surface area contributed by atoms with E-state index in [1.165, 1.54) is 0 Å². The summed E-state index contributed by atoms with van der Waals surface area (Å²) in [6, 6.07) is 20.6. The summed E-state index contributed by atoms with van der Waals surface area (Å²) in [6.07, 6.45) is 4.48. The Morgan fingerprint density at radius 2 is 1.71 bits per heavy atom. The first kappa shape index (κ1) is 19.8. The van der Waals surface area contributed by atoms with Crippen molar-refractivity contribution < 1.29 is 5.11 Å². The van der Waals surface area contributed by atoms with Gasteiger partial charge in [0.15, 0.2) is 0 Å². The van der Waals surface area contributed by atoms with Gasteiger partial charge in [0.25, 0.3) is 0 Å². The molecule has 142 valence electrons. The Morgan fingerprint density at radius 1 is 0.893 bits per heavy atom. The molecule has 0 spiro atoms. The van der Waals surface area contributed by atoms with E-state index in [1.54, 1.807) is 24.4 Å². The van der Waals surface area contributed by atoms with Crippen molar-refractivity contribution in [3.8, 4) is 5.75 Å². The molecule has 1 N–H and O–H groups in total. The zero-order chi connectivity index (χ0) is 19.4. The van der Waals surface area contributed by atoms with Crippen molar-refractivity contribution in [1.29, 1.82) is 0 Å². The molecular formula is C22H22N4OS. The highest BCUT2D eigenvalue weighted by Gasteiger charge is 2.00. The van der Waals surface area contributed by atoms with E-state index in [9.17, 15) is 5.11 Å². The van der Waals surface area contributed by atoms with Gasteiger partial charge in [0.05, 0.1) is 11.4 Å². The summed E-state index contributed by atoms with van der Waals surface area (Å²) in [5.74, 6) is 2.13. The Kier molecular flexibility index (Phi) is 7.76. The van der Waals surface area contributed by atoms with Crippen molar-refractivity contribution in [3.63, 3.8) is 0 Å². The Labute approximate surface area is 169 Å². The fourth-order valence-electron chi connectivity index (χ4n) is 2.42. The molecule has 0 fully saturated rings. The molecule has 28 heavy (non-hydrogen) atoms. The van der Waals surface area contributed by atoms with Crippen molar-refractivity contribution in [2.45, 2.75) is 6.42 Å². The van der Waals surface area contributed by atoms with E-state index in [4.69, 9.17) is 0 Å². The van der Waals surface area contributed by atoms with Crippen molar-refractivity contribution in [3.05, 3.63) is 84.2 Å². The van der Waals surface area contributed by atoms with Crippen LogP contribution in [0.15, 0.2) is 88.1 Å². The van der Waals surface area contributed by atoms with E-state index in [1.807, 2.05) is 66.5 Å². The van der Waals surface area contributed by atoms with Crippen LogP contribution in [0.5, 0.6) is 5.75 Å². The molecular weight excluding hydrogens is 368 g/mol. The summed E-state index contributed by atoms with van der Waals surface area (Å²) in [6.45, 7) is 0.697. The van der Waals surface area contributed by atoms with E-state index in [-0.39, 0.29) is 5.75 Å². The van der Waals surface area contributed by atoms with Crippen LogP contribution in [-0.2, 0) is 6.42 Å². The van der Waals surface area contributed by atoms with Gasteiger partial charge in [-0.2, -0.15) is 22.0 Å². The van der Waals surface area contributed by atoms with Gasteiger partial charge in [-0.15, -0.1) is 0 Å². The van der Waals surface area contributed by atoms with E-state index >= 15 is 0 Å². The van der Waals surface area contributed by atoms with Crippen LogP contribution in [-0.4, -0.2) is 34.4 Å². The number of azo groups is 1. The molecule has 5 nitrogen and oxygen atoms in total. The first-order valence-corrected chi connectivity index (χ1v) is 10.2. The Hall–Kier alpha value is -2.99. The number of aliphatic imine (C=N–C) groups is 1. The van der Waals surface area contributed by atoms with Gasteiger partial charge in [-0.25, -0.2) is 0 Å². The first-order valence-electron chi connectivity index (χ1n) is 9.08. The van der Waals surface area contributed by atoms with Gasteiger partial charge in [-0.05, 0) is 54.6 Å². The molecule has 0 amide bonds. The molecule has 3 aromatic rings. The lowest BCUT2D eigenvalue weighted by atomic mass is 10.2. The maximum Gasteiger partial charge on any atom is 0.124 e. The van der Waals surface area contributed by atoms with Crippen LogP contribution in [0.1, 0.15) is 11.3 Å². The van der Waals surface area contributed by atoms with Crippen LogP contribution >= 0.6 is 11.8 Å². The molecule has 3 rings (SSSR count). The van der Waals surface area contributed by atoms with Gasteiger partial charge in [-0.1, -0.05) is 24.3 Å². The lowest BCUT2D eigenvalue weighted by Gasteiger charge is -2.01. The number of pyridine rings is 1. The fourth-order valence-corrected chi connectivity index (χ4v) is 3.21. The molecule has 0 bridgehead atoms. The van der Waals surface area contributed by atoms with Crippen LogP contribution in [0, 0.1) is 0 Å². The number of hydrogen-bond donors (Lipinski definition) is 1. The number of hydrogen-bond acceptors (Lipinski definition) is 6. The van der Waals surface area contributed by atoms with Gasteiger partial charge < -0.3 is 5.11 Å². The van der Waals surface area contributed by atoms with Crippen molar-refractivity contribution in [2.75, 3.05) is 18.1 Å². The van der Waals surface area contributed by atoms with Crippen LogP contribution in [0.4, 0.5) is 11.4 Å². The van der Waals surface area contributed by atoms with Gasteiger partial charge in [0, 0.05) is 36.0 Å². The van der Waals surface area contributed by atoms with Crippen molar-refractivity contribution in [1.82, 2.24) is 4.98 Å². The Balaban J connectivity index is 1.46. The molecule has 0 aliphatic heterocycles. The lowest BCUT2D eigenvalue weighted by molar-refractivity contribution is 0.474. The van der Waals surface area contributed by atoms with Gasteiger partial charge in [0.2, 0.25) is 0 Å². The first-order chi connectivity index (χ1) is 13.8. The zero-order valence-electron chi connectivity index (χ0n) is 15.5. The summed E-state index contributed by atoms with van der Waals surface area (Å²) in [7, 11) is 0. The highest BCUT2D eigenvalue weighted by molar-refractivity contribution is 7.99. The number of thioether (sulfide) groups is 1. The number of rotatable bonds is 9. The molecule has 0 atom stereocenters. The minimum absolute atomic E-state index is 0.185. The normalized spacial score (nSPS) is 11.4. The number of nitrogens with zero attached hydrogens (tertiary/aromatic N) is 4. The van der Waals surface area contributed by atoms with Crippen molar-refractivity contribution >= 4 is 29.4 Å². The van der Waals surface area contributed by atoms with Crippen molar-refractivity contribution in [2.24, 2.45) is 15.2 Å². The standard InChI is InChI=1S/C22H22N4OS/c27-22-10-9-21(26-25-20-7-2-1-3-8-20)16-18(22)17-23-13-15-28-14-11-19-6-4-5-12-24-19/h1-10,12,16-17,27H,11,13-15H2. The predicted octanol–water partition coefficient (Wildman–Crippen LogP) is 5.60. The van der Waals surface area contributed by atoms with Crippen LogP contribution < -0.4 is 0 Å². The number of aromatic hydroxyl groups is 1. The molecule has 0 radical (unpaired) electrons. The van der Waals surface area contributed by atoms with Gasteiger partial charge in [-0.3, -0.25) is 9.98 Å². The zero-order valence-corrected chi connectivity index (χ0v) is 16.3. The van der Waals surface area contributed by atoms with E-state index in [2.05, 4.69) is 20.2 Å². The third-order valence-electron chi connectivity index (χ3n) is 3.87. The molecule has 1 aromatic heterocycles. The maximum atomic E-state index is 10.0. The third kappa shape index (κ3) is 6.63. The summed E-state index contributed by atoms with van der Waals surface area (Å²) in [5, 5.41) is 18.4. The fraction of sp³-hybridized carbons (Fsp3) is 0.182. The SMILES string of the molecule is Oc1ccc(N=Nc2ccccc2)cc1C=NCCSCCc1ccccn1. The van der Waals surface area contributed by atoms with Gasteiger partial charge in [0.1, 0.15) is 5.75 Å². The van der Waals surface area contributed by atoms with Crippen LogP contribution in [0.25, 0.3) is 0 Å². The highest BCUT2D eigenvalue weighted by atomic mass is 32.2. The average molecular weight is 391 g/mol. The van der Waals surface area contributed by atoms with E-state index in [0.29, 0.717) is 17.8 Å². The molecule has 6 heteroatoms. The van der Waals surface area contributed by atoms with Gasteiger partial charge >= 0.3 is 0 Å². The number of aromatic nitrogens is 1. The number of phenolic OH excluding ortho intramolecular Hbond substituents is 1. The lowest BCUT2D eigenvalue weighted by Crippen LogP contribution is -1.94. The van der Waals surface area contributed by atoms with Crippen LogP contribution in [0.2, 0.25) is 0 Å². The summed E-state index contributed by atoms with van der Waals surface area (Å²) >= 11 is 1.85. The quantitative estimate of drug-likeness (QED) is 0.294. The monoisotopic (exact) mass is 390 g/mol. The molecule has 2 aromatic carbocycles. The van der Waals surface area contributed by atoms with E-state index in [0.717, 1.165) is 29.3 Å². The largest absolute Gasteiger partial charge is 0.507 e. The van der Waals surface area contributed by atoms with Crippen LogP contribution in [0.3, 0.4) is 0 Å². The maximum absolute atomic E-state index is 10.0. The summed E-state index contributed by atoms with van der Waals surface area (Å²) in [4.78, 5) is 8.73. The number of aryl methyl sites for hydroxylation is 1. The minimum Gasteiger partial charge on any atom is -0.507 e. The molecule has 1 heterocycles. The average Bonchev–Trinajstić information content (AvgIpc) is 2.75.